The van der Waals surface area contributed by atoms with Crippen molar-refractivity contribution < 1.29 is 0 Å². The fraction of sp³-hybridized carbons (Fsp3) is 0.368. The van der Waals surface area contributed by atoms with E-state index in [1.807, 2.05) is 11.8 Å². The number of hydrogen-bond donors (Lipinski definition) is 1. The number of nitrogens with one attached hydrogen (secondary N) is 1. The topological polar surface area (TPSA) is 12.0 Å². The van der Waals surface area contributed by atoms with Crippen LogP contribution in [-0.2, 0) is 6.42 Å². The molecule has 2 heteroatoms. The van der Waals surface area contributed by atoms with Crippen LogP contribution in [0.2, 0.25) is 0 Å². The first-order valence-corrected chi connectivity index (χ1v) is 8.50. The van der Waals surface area contributed by atoms with Crippen LogP contribution >= 0.6 is 11.8 Å². The normalized spacial score (nSPS) is 12.4. The largest absolute Gasteiger partial charge is 0.316 e. The maximum absolute atomic E-state index is 3.46. The minimum Gasteiger partial charge on any atom is -0.316 e. The molecule has 0 heterocycles. The Bertz CT molecular complexity index is 592. The van der Waals surface area contributed by atoms with Gasteiger partial charge in [0.2, 0.25) is 0 Å². The van der Waals surface area contributed by atoms with E-state index in [1.54, 1.807) is 0 Å². The summed E-state index contributed by atoms with van der Waals surface area (Å²) in [6, 6.07) is 16.0. The molecule has 1 atom stereocenters. The Kier molecular flexibility index (Phi) is 5.89. The van der Waals surface area contributed by atoms with Crippen molar-refractivity contribution in [3.63, 3.8) is 0 Å². The van der Waals surface area contributed by atoms with Gasteiger partial charge in [-0.15, -0.1) is 11.8 Å². The highest BCUT2D eigenvalue weighted by atomic mass is 32.2. The molecule has 0 radical (unpaired) electrons. The van der Waals surface area contributed by atoms with Gasteiger partial charge in [0.25, 0.3) is 0 Å². The molecule has 0 aliphatic rings. The lowest BCUT2D eigenvalue weighted by molar-refractivity contribution is 0.615. The monoisotopic (exact) mass is 299 g/mol. The molecule has 0 fully saturated rings. The van der Waals surface area contributed by atoms with Gasteiger partial charge < -0.3 is 5.32 Å². The standard InChI is InChI=1S/C19H25NS/c1-14-6-5-7-19(11-14)21-13-18(20-4)12-17-10-15(2)8-9-16(17)3/h5-11,18,20H,12-13H2,1-4H3. The third-order valence-electron chi connectivity index (χ3n) is 3.82. The second kappa shape index (κ2) is 7.67. The number of hydrogen-bond acceptors (Lipinski definition) is 2. The highest BCUT2D eigenvalue weighted by Crippen LogP contribution is 2.21. The maximum Gasteiger partial charge on any atom is 0.0199 e. The zero-order valence-electron chi connectivity index (χ0n) is 13.4. The first kappa shape index (κ1) is 16.1. The molecule has 0 saturated heterocycles. The van der Waals surface area contributed by atoms with Crippen LogP contribution in [0.3, 0.4) is 0 Å². The molecule has 0 saturated carbocycles. The molecule has 0 aromatic heterocycles. The quantitative estimate of drug-likeness (QED) is 0.786. The highest BCUT2D eigenvalue weighted by Gasteiger charge is 2.10. The van der Waals surface area contributed by atoms with Crippen molar-refractivity contribution in [2.24, 2.45) is 0 Å². The van der Waals surface area contributed by atoms with Crippen LogP contribution in [0, 0.1) is 20.8 Å². The molecular weight excluding hydrogens is 274 g/mol. The fourth-order valence-electron chi connectivity index (χ4n) is 2.43. The molecule has 0 spiro atoms. The predicted molar refractivity (Wildman–Crippen MR) is 94.4 cm³/mol. The van der Waals surface area contributed by atoms with Crippen LogP contribution in [0.15, 0.2) is 47.4 Å². The zero-order chi connectivity index (χ0) is 15.2. The summed E-state index contributed by atoms with van der Waals surface area (Å²) in [5, 5.41) is 3.46. The Morgan fingerprint density at radius 1 is 1.00 bits per heavy atom. The van der Waals surface area contributed by atoms with Gasteiger partial charge in [-0.05, 0) is 57.5 Å². The van der Waals surface area contributed by atoms with E-state index < -0.39 is 0 Å². The number of rotatable bonds is 6. The summed E-state index contributed by atoms with van der Waals surface area (Å²) in [5.74, 6) is 1.09. The van der Waals surface area contributed by atoms with E-state index in [4.69, 9.17) is 0 Å². The molecule has 1 unspecified atom stereocenters. The first-order valence-electron chi connectivity index (χ1n) is 7.51. The average molecular weight is 299 g/mol. The van der Waals surface area contributed by atoms with Crippen LogP contribution in [0.4, 0.5) is 0 Å². The fourth-order valence-corrected chi connectivity index (χ4v) is 3.55. The van der Waals surface area contributed by atoms with Crippen LogP contribution in [0.1, 0.15) is 22.3 Å². The Balaban J connectivity index is 1.98. The van der Waals surface area contributed by atoms with Crippen molar-refractivity contribution in [1.29, 1.82) is 0 Å². The second-order valence-electron chi connectivity index (χ2n) is 5.75. The van der Waals surface area contributed by atoms with Crippen molar-refractivity contribution in [3.05, 3.63) is 64.7 Å². The van der Waals surface area contributed by atoms with Crippen LogP contribution in [0.25, 0.3) is 0 Å². The van der Waals surface area contributed by atoms with Gasteiger partial charge in [0.1, 0.15) is 0 Å². The van der Waals surface area contributed by atoms with Gasteiger partial charge >= 0.3 is 0 Å². The molecular formula is C19H25NS. The maximum atomic E-state index is 3.46. The van der Waals surface area contributed by atoms with E-state index in [2.05, 4.69) is 75.6 Å². The van der Waals surface area contributed by atoms with E-state index in [9.17, 15) is 0 Å². The van der Waals surface area contributed by atoms with Crippen molar-refractivity contribution in [2.75, 3.05) is 12.8 Å². The van der Waals surface area contributed by atoms with Crippen molar-refractivity contribution in [1.82, 2.24) is 5.32 Å². The van der Waals surface area contributed by atoms with Crippen molar-refractivity contribution >= 4 is 11.8 Å². The van der Waals surface area contributed by atoms with Gasteiger partial charge in [-0.3, -0.25) is 0 Å². The Hall–Kier alpha value is -1.25. The van der Waals surface area contributed by atoms with E-state index in [1.165, 1.54) is 27.1 Å². The van der Waals surface area contributed by atoms with Crippen LogP contribution < -0.4 is 5.32 Å². The smallest absolute Gasteiger partial charge is 0.0199 e. The third kappa shape index (κ3) is 4.90. The molecule has 2 aromatic rings. The predicted octanol–water partition coefficient (Wildman–Crippen LogP) is 4.53. The molecule has 21 heavy (non-hydrogen) atoms. The van der Waals surface area contributed by atoms with Gasteiger partial charge in [0.05, 0.1) is 0 Å². The SMILES string of the molecule is CNC(CSc1cccc(C)c1)Cc1cc(C)ccc1C. The van der Waals surface area contributed by atoms with Crippen LogP contribution in [-0.4, -0.2) is 18.8 Å². The number of aryl methyl sites for hydroxylation is 3. The molecule has 0 aliphatic heterocycles. The molecule has 2 rings (SSSR count). The zero-order valence-corrected chi connectivity index (χ0v) is 14.3. The van der Waals surface area contributed by atoms with Gasteiger partial charge in [0.15, 0.2) is 0 Å². The summed E-state index contributed by atoms with van der Waals surface area (Å²) in [7, 11) is 2.06. The Labute approximate surface area is 133 Å². The van der Waals surface area contributed by atoms with Gasteiger partial charge in [-0.25, -0.2) is 0 Å². The third-order valence-corrected chi connectivity index (χ3v) is 4.98. The summed E-state index contributed by atoms with van der Waals surface area (Å²) in [6.45, 7) is 6.52. The second-order valence-corrected chi connectivity index (χ2v) is 6.84. The minimum absolute atomic E-state index is 0.496. The Morgan fingerprint density at radius 3 is 2.48 bits per heavy atom. The van der Waals surface area contributed by atoms with E-state index in [-0.39, 0.29) is 0 Å². The van der Waals surface area contributed by atoms with Gasteiger partial charge in [-0.1, -0.05) is 41.5 Å². The lowest BCUT2D eigenvalue weighted by Crippen LogP contribution is -2.30. The molecule has 0 amide bonds. The summed E-state index contributed by atoms with van der Waals surface area (Å²) < 4.78 is 0. The van der Waals surface area contributed by atoms with Crippen molar-refractivity contribution in [2.45, 2.75) is 38.1 Å². The lowest BCUT2D eigenvalue weighted by atomic mass is 10.00. The van der Waals surface area contributed by atoms with E-state index >= 15 is 0 Å². The molecule has 2 aromatic carbocycles. The number of likely N-dealkylation sites (N-methyl/N-ethyl adjacent to an activating group) is 1. The van der Waals surface area contributed by atoms with Gasteiger partial charge in [0, 0.05) is 16.7 Å². The summed E-state index contributed by atoms with van der Waals surface area (Å²) in [4.78, 5) is 1.36. The molecule has 112 valence electrons. The first-order chi connectivity index (χ1) is 10.1. The average Bonchev–Trinajstić information content (AvgIpc) is 2.47. The molecule has 1 nitrogen and oxygen atoms in total. The summed E-state index contributed by atoms with van der Waals surface area (Å²) >= 11 is 1.93. The summed E-state index contributed by atoms with van der Waals surface area (Å²) in [5.41, 5.74) is 5.52. The summed E-state index contributed by atoms with van der Waals surface area (Å²) in [6.07, 6.45) is 1.09. The number of benzene rings is 2. The molecule has 1 N–H and O–H groups in total. The minimum atomic E-state index is 0.496. The number of thioether (sulfide) groups is 1. The molecule has 0 aliphatic carbocycles. The lowest BCUT2D eigenvalue weighted by Gasteiger charge is -2.18. The van der Waals surface area contributed by atoms with E-state index in [0.29, 0.717) is 6.04 Å². The van der Waals surface area contributed by atoms with Crippen molar-refractivity contribution in [3.8, 4) is 0 Å². The van der Waals surface area contributed by atoms with Crippen LogP contribution in [0.5, 0.6) is 0 Å². The van der Waals surface area contributed by atoms with E-state index in [0.717, 1.165) is 12.2 Å². The van der Waals surface area contributed by atoms with Gasteiger partial charge in [-0.2, -0.15) is 0 Å². The highest BCUT2D eigenvalue weighted by molar-refractivity contribution is 7.99. The molecule has 0 bridgehead atoms. The Morgan fingerprint density at radius 2 is 1.76 bits per heavy atom.